The molecule has 3 aromatic rings. The van der Waals surface area contributed by atoms with Crippen LogP contribution in [0, 0.1) is 0 Å². The third kappa shape index (κ3) is 16.2. The number of nitrogens with zero attached hydrogens (tertiary/aromatic N) is 7. The molecule has 0 radical (unpaired) electrons. The van der Waals surface area contributed by atoms with Gasteiger partial charge < -0.3 is 54.0 Å². The molecular weight excluding hydrogens is 708 g/mol. The number of ether oxygens (including phenoxy) is 6. The summed E-state index contributed by atoms with van der Waals surface area (Å²) in [6, 6.07) is 10.8. The highest BCUT2D eigenvalue weighted by Crippen LogP contribution is 2.31. The van der Waals surface area contributed by atoms with Crippen molar-refractivity contribution in [1.29, 1.82) is 0 Å². The summed E-state index contributed by atoms with van der Waals surface area (Å²) < 4.78 is 34.4. The fraction of sp³-hybridized carbons (Fsp3) is 0.559. The molecule has 4 N–H and O–H groups in total. The molecule has 20 heteroatoms. The van der Waals surface area contributed by atoms with E-state index in [0.717, 1.165) is 21.8 Å². The van der Waals surface area contributed by atoms with E-state index in [0.29, 0.717) is 103 Å². The van der Waals surface area contributed by atoms with Crippen LogP contribution in [0.25, 0.3) is 42.7 Å². The summed E-state index contributed by atoms with van der Waals surface area (Å²) in [6.45, 7) is 6.01. The smallest absolute Gasteiger partial charge is 0.404 e. The molecule has 20 nitrogen and oxygen atoms in total. The van der Waals surface area contributed by atoms with Crippen LogP contribution in [0.4, 0.5) is 4.79 Å². The number of carbonyl (C=O) groups is 3. The highest BCUT2D eigenvalue weighted by molar-refractivity contribution is 6.11. The quantitative estimate of drug-likeness (QED) is 0.0332. The molecule has 1 heterocycles. The topological polar surface area (TPSA) is 265 Å². The number of amides is 3. The van der Waals surface area contributed by atoms with E-state index >= 15 is 0 Å². The lowest BCUT2D eigenvalue weighted by molar-refractivity contribution is 0.0166. The Bertz CT molecular complexity index is 1600. The second-order valence-corrected chi connectivity index (χ2v) is 11.3. The van der Waals surface area contributed by atoms with Gasteiger partial charge in [0.25, 0.3) is 11.8 Å². The van der Waals surface area contributed by atoms with Gasteiger partial charge in [0, 0.05) is 82.0 Å². The standard InChI is InChI=1S/C34H48N10O10/c35-42-40-9-14-51-18-22-53-20-16-49-12-7-37-32(45)26-2-4-28-29-5-3-27(25-31(29)44(30(28)24-26)11-1-6-39-34(47)48)33(46)38-8-13-50-17-21-54-23-19-52-15-10-41-43-36/h2-5,24-25,39H,1,6-23H2,(H,37,45)(H,38,46)(H,47,48). The van der Waals surface area contributed by atoms with Gasteiger partial charge in [-0.25, -0.2) is 4.79 Å². The Labute approximate surface area is 311 Å². The van der Waals surface area contributed by atoms with Crippen LogP contribution < -0.4 is 16.0 Å². The van der Waals surface area contributed by atoms with Gasteiger partial charge >= 0.3 is 6.09 Å². The normalized spacial score (nSPS) is 10.9. The Morgan fingerprint density at radius 3 is 1.41 bits per heavy atom. The van der Waals surface area contributed by atoms with Crippen LogP contribution in [0.15, 0.2) is 46.6 Å². The van der Waals surface area contributed by atoms with E-state index in [2.05, 4.69) is 36.0 Å². The first-order chi connectivity index (χ1) is 26.5. The number of hydrogen-bond donors (Lipinski definition) is 4. The molecule has 294 valence electrons. The maximum absolute atomic E-state index is 13.1. The molecule has 0 fully saturated rings. The summed E-state index contributed by atoms with van der Waals surface area (Å²) in [7, 11) is 0. The summed E-state index contributed by atoms with van der Waals surface area (Å²) in [5, 5.41) is 25.7. The molecule has 3 amide bonds. The molecule has 1 aromatic heterocycles. The van der Waals surface area contributed by atoms with Gasteiger partial charge in [-0.1, -0.05) is 22.4 Å². The van der Waals surface area contributed by atoms with E-state index in [9.17, 15) is 14.4 Å². The van der Waals surface area contributed by atoms with Gasteiger partial charge in [0.15, 0.2) is 0 Å². The van der Waals surface area contributed by atoms with Gasteiger partial charge in [0.2, 0.25) is 0 Å². The van der Waals surface area contributed by atoms with Crippen LogP contribution in [0.1, 0.15) is 27.1 Å². The number of benzene rings is 2. The number of aryl methyl sites for hydroxylation is 1. The Hall–Kier alpha value is -5.17. The Balaban J connectivity index is 1.50. The number of fused-ring (bicyclic) bond motifs is 3. The maximum Gasteiger partial charge on any atom is 0.404 e. The van der Waals surface area contributed by atoms with Gasteiger partial charge in [-0.15, -0.1) is 0 Å². The minimum atomic E-state index is -1.11. The number of nitrogens with one attached hydrogen (secondary N) is 3. The predicted octanol–water partition coefficient (Wildman–Crippen LogP) is 3.63. The second kappa shape index (κ2) is 26.6. The predicted molar refractivity (Wildman–Crippen MR) is 198 cm³/mol. The maximum atomic E-state index is 13.1. The van der Waals surface area contributed by atoms with Crippen molar-refractivity contribution < 1.29 is 47.9 Å². The molecule has 3 rings (SSSR count). The van der Waals surface area contributed by atoms with Crippen LogP contribution in [0.5, 0.6) is 0 Å². The fourth-order valence-electron chi connectivity index (χ4n) is 5.11. The van der Waals surface area contributed by atoms with Crippen molar-refractivity contribution in [1.82, 2.24) is 20.5 Å². The number of carbonyl (C=O) groups excluding carboxylic acids is 2. The van der Waals surface area contributed by atoms with Crippen LogP contribution in [0.2, 0.25) is 0 Å². The average Bonchev–Trinajstić information content (AvgIpc) is 3.48. The van der Waals surface area contributed by atoms with Gasteiger partial charge in [-0.3, -0.25) is 9.59 Å². The van der Waals surface area contributed by atoms with Crippen molar-refractivity contribution in [3.8, 4) is 0 Å². The summed E-state index contributed by atoms with van der Waals surface area (Å²) in [5.41, 5.74) is 18.9. The van der Waals surface area contributed by atoms with Crippen LogP contribution >= 0.6 is 0 Å². The van der Waals surface area contributed by atoms with Crippen molar-refractivity contribution in [2.45, 2.75) is 13.0 Å². The van der Waals surface area contributed by atoms with Crippen LogP contribution in [-0.2, 0) is 35.0 Å². The summed E-state index contributed by atoms with van der Waals surface area (Å²) >= 11 is 0. The fourth-order valence-corrected chi connectivity index (χ4v) is 5.11. The van der Waals surface area contributed by atoms with Crippen molar-refractivity contribution in [2.75, 3.05) is 112 Å². The summed E-state index contributed by atoms with van der Waals surface area (Å²) in [4.78, 5) is 42.4. The first kappa shape index (κ1) is 43.2. The van der Waals surface area contributed by atoms with E-state index in [1.54, 1.807) is 24.3 Å². The first-order valence-corrected chi connectivity index (χ1v) is 17.5. The molecule has 0 saturated carbocycles. The number of aromatic nitrogens is 1. The average molecular weight is 757 g/mol. The molecule has 0 spiro atoms. The Kier molecular flexibility index (Phi) is 21.3. The Morgan fingerprint density at radius 2 is 1.00 bits per heavy atom. The van der Waals surface area contributed by atoms with Crippen molar-refractivity contribution in [2.24, 2.45) is 10.2 Å². The number of carboxylic acid groups (broad SMARTS) is 1. The summed E-state index contributed by atoms with van der Waals surface area (Å²) in [5.74, 6) is -0.554. The third-order valence-electron chi connectivity index (χ3n) is 7.58. The molecule has 0 aliphatic rings. The molecule has 2 aromatic carbocycles. The van der Waals surface area contributed by atoms with E-state index in [1.807, 2.05) is 16.7 Å². The minimum absolute atomic E-state index is 0.228. The lowest BCUT2D eigenvalue weighted by atomic mass is 10.1. The van der Waals surface area contributed by atoms with Crippen molar-refractivity contribution in [3.63, 3.8) is 0 Å². The highest BCUT2D eigenvalue weighted by atomic mass is 16.5. The lowest BCUT2D eigenvalue weighted by Gasteiger charge is -2.10. The molecule has 0 aliphatic carbocycles. The van der Waals surface area contributed by atoms with Crippen molar-refractivity contribution in [3.05, 3.63) is 68.4 Å². The largest absolute Gasteiger partial charge is 0.465 e. The van der Waals surface area contributed by atoms with E-state index in [4.69, 9.17) is 44.6 Å². The lowest BCUT2D eigenvalue weighted by Crippen LogP contribution is -2.27. The zero-order chi connectivity index (χ0) is 38.6. The number of azide groups is 2. The third-order valence-corrected chi connectivity index (χ3v) is 7.58. The first-order valence-electron chi connectivity index (χ1n) is 17.5. The van der Waals surface area contributed by atoms with Gasteiger partial charge in [0.1, 0.15) is 0 Å². The van der Waals surface area contributed by atoms with E-state index in [1.165, 1.54) is 0 Å². The van der Waals surface area contributed by atoms with Gasteiger partial charge in [-0.2, -0.15) is 0 Å². The molecule has 0 unspecified atom stereocenters. The monoisotopic (exact) mass is 756 g/mol. The van der Waals surface area contributed by atoms with Gasteiger partial charge in [-0.05, 0) is 41.7 Å². The molecular formula is C34H48N10O10. The Morgan fingerprint density at radius 1 is 0.593 bits per heavy atom. The molecule has 54 heavy (non-hydrogen) atoms. The summed E-state index contributed by atoms with van der Waals surface area (Å²) in [6.07, 6.45) is -0.632. The number of rotatable bonds is 30. The molecule has 0 atom stereocenters. The molecule has 0 bridgehead atoms. The van der Waals surface area contributed by atoms with Gasteiger partial charge in [0.05, 0.1) is 79.3 Å². The highest BCUT2D eigenvalue weighted by Gasteiger charge is 2.16. The van der Waals surface area contributed by atoms with E-state index in [-0.39, 0.29) is 44.5 Å². The second-order valence-electron chi connectivity index (χ2n) is 11.3. The zero-order valence-corrected chi connectivity index (χ0v) is 30.2. The number of hydrogen-bond acceptors (Lipinski definition) is 11. The van der Waals surface area contributed by atoms with Crippen LogP contribution in [0.3, 0.4) is 0 Å². The minimum Gasteiger partial charge on any atom is -0.465 e. The zero-order valence-electron chi connectivity index (χ0n) is 30.2. The SMILES string of the molecule is [N-]=[N+]=NCCOCCOCCOCCNC(=O)c1ccc2c3ccc(C(=O)NCCOCCOCCOCCN=[N+]=[N-])cc3n(CCCNC(=O)O)c2c1. The van der Waals surface area contributed by atoms with Crippen molar-refractivity contribution >= 4 is 39.7 Å². The molecule has 0 saturated heterocycles. The molecule has 0 aliphatic heterocycles. The van der Waals surface area contributed by atoms with E-state index < -0.39 is 6.09 Å². The van der Waals surface area contributed by atoms with Crippen LogP contribution in [-0.4, -0.2) is 140 Å².